The summed E-state index contributed by atoms with van der Waals surface area (Å²) in [5.74, 6) is 0.384. The van der Waals surface area contributed by atoms with E-state index in [1.807, 2.05) is 19.9 Å². The lowest BCUT2D eigenvalue weighted by Gasteiger charge is -2.21. The van der Waals surface area contributed by atoms with Gasteiger partial charge in [0, 0.05) is 11.6 Å². The van der Waals surface area contributed by atoms with E-state index in [2.05, 4.69) is 15.9 Å². The first-order chi connectivity index (χ1) is 6.93. The van der Waals surface area contributed by atoms with Gasteiger partial charge in [-0.05, 0) is 13.8 Å². The highest BCUT2D eigenvalue weighted by Gasteiger charge is 2.42. The molecule has 2 rings (SSSR count). The van der Waals surface area contributed by atoms with Gasteiger partial charge in [-0.3, -0.25) is 10.1 Å². The number of rotatable bonds is 1. The van der Waals surface area contributed by atoms with Crippen LogP contribution < -0.4 is 4.74 Å². The summed E-state index contributed by atoms with van der Waals surface area (Å²) in [5, 5.41) is 10.8. The number of hydrogen-bond acceptors (Lipinski definition) is 3. The molecule has 0 N–H and O–H groups in total. The quantitative estimate of drug-likeness (QED) is 0.448. The Kier molecular flexibility index (Phi) is 2.22. The molecule has 5 heteroatoms. The summed E-state index contributed by atoms with van der Waals surface area (Å²) in [6.45, 7) is 3.80. The van der Waals surface area contributed by atoms with Crippen molar-refractivity contribution in [2.45, 2.75) is 24.3 Å². The van der Waals surface area contributed by atoms with Crippen LogP contribution >= 0.6 is 15.9 Å². The fraction of sp³-hybridized carbons (Fsp3) is 0.400. The summed E-state index contributed by atoms with van der Waals surface area (Å²) in [5.41, 5.74) is 0.422. The second kappa shape index (κ2) is 3.20. The Hall–Kier alpha value is -1.10. The molecular formula is C10H10BrNO3. The van der Waals surface area contributed by atoms with Crippen LogP contribution in [0.15, 0.2) is 18.2 Å². The van der Waals surface area contributed by atoms with Crippen LogP contribution in [0.25, 0.3) is 0 Å². The minimum Gasteiger partial charge on any atom is -0.479 e. The molecule has 0 amide bonds. The molecule has 1 aliphatic rings. The Bertz CT molecular complexity index is 431. The normalized spacial score (nSPS) is 21.9. The van der Waals surface area contributed by atoms with Gasteiger partial charge in [0.05, 0.1) is 9.75 Å². The number of nitro benzene ring substituents is 1. The average Bonchev–Trinajstić information content (AvgIpc) is 2.37. The highest BCUT2D eigenvalue weighted by molar-refractivity contribution is 9.09. The largest absolute Gasteiger partial charge is 0.479 e. The van der Waals surface area contributed by atoms with E-state index in [-0.39, 0.29) is 10.5 Å². The minimum atomic E-state index is -0.450. The Morgan fingerprint density at radius 1 is 1.53 bits per heavy atom. The van der Waals surface area contributed by atoms with Crippen LogP contribution in [-0.2, 0) is 0 Å². The summed E-state index contributed by atoms with van der Waals surface area (Å²) in [7, 11) is 0. The molecule has 0 saturated heterocycles. The number of hydrogen-bond donors (Lipinski definition) is 0. The van der Waals surface area contributed by atoms with Crippen LogP contribution in [0.1, 0.15) is 24.2 Å². The molecule has 0 spiro atoms. The van der Waals surface area contributed by atoms with Gasteiger partial charge in [0.2, 0.25) is 5.75 Å². The van der Waals surface area contributed by atoms with Crippen LogP contribution in [0.4, 0.5) is 5.69 Å². The maximum Gasteiger partial charge on any atom is 0.311 e. The molecular weight excluding hydrogens is 262 g/mol. The third-order valence-corrected chi connectivity index (χ3v) is 4.07. The van der Waals surface area contributed by atoms with Gasteiger partial charge in [-0.25, -0.2) is 0 Å². The zero-order valence-corrected chi connectivity index (χ0v) is 9.95. The molecule has 1 aromatic rings. The van der Waals surface area contributed by atoms with Gasteiger partial charge >= 0.3 is 5.69 Å². The number of ether oxygens (including phenoxy) is 1. The van der Waals surface area contributed by atoms with Crippen molar-refractivity contribution in [1.82, 2.24) is 0 Å². The van der Waals surface area contributed by atoms with E-state index in [1.165, 1.54) is 6.07 Å². The lowest BCUT2D eigenvalue weighted by molar-refractivity contribution is -0.386. The van der Waals surface area contributed by atoms with Crippen molar-refractivity contribution in [2.75, 3.05) is 0 Å². The lowest BCUT2D eigenvalue weighted by Crippen LogP contribution is -2.26. The molecule has 0 bridgehead atoms. The number of para-hydroxylation sites is 1. The number of halogens is 1. The van der Waals surface area contributed by atoms with Gasteiger partial charge in [0.15, 0.2) is 0 Å². The predicted molar refractivity (Wildman–Crippen MR) is 59.5 cm³/mol. The first-order valence-electron chi connectivity index (χ1n) is 4.54. The van der Waals surface area contributed by atoms with E-state index < -0.39 is 10.5 Å². The Morgan fingerprint density at radius 2 is 2.20 bits per heavy atom. The Labute approximate surface area is 95.5 Å². The van der Waals surface area contributed by atoms with Crippen molar-refractivity contribution in [3.05, 3.63) is 33.9 Å². The maximum absolute atomic E-state index is 10.8. The first kappa shape index (κ1) is 10.4. The molecule has 1 heterocycles. The molecule has 0 fully saturated rings. The Morgan fingerprint density at radius 3 is 2.80 bits per heavy atom. The molecule has 1 aliphatic heterocycles. The highest BCUT2D eigenvalue weighted by atomic mass is 79.9. The number of benzene rings is 1. The highest BCUT2D eigenvalue weighted by Crippen LogP contribution is 2.51. The first-order valence-corrected chi connectivity index (χ1v) is 5.45. The molecule has 1 unspecified atom stereocenters. The lowest BCUT2D eigenvalue weighted by atomic mass is 10.0. The standard InChI is InChI=1S/C10H10BrNO3/c1-10(2)9(11)6-4-3-5-7(12(13)14)8(6)15-10/h3-5,9H,1-2H3. The molecule has 1 aromatic carbocycles. The molecule has 0 saturated carbocycles. The predicted octanol–water partition coefficient (Wildman–Crippen LogP) is 3.20. The van der Waals surface area contributed by atoms with Crippen molar-refractivity contribution in [3.8, 4) is 5.75 Å². The van der Waals surface area contributed by atoms with Gasteiger partial charge in [0.1, 0.15) is 5.60 Å². The SMILES string of the molecule is CC1(C)Oc2c(cccc2[N+](=O)[O-])C1Br. The number of nitro groups is 1. The molecule has 0 aromatic heterocycles. The van der Waals surface area contributed by atoms with Crippen LogP contribution in [0.5, 0.6) is 5.75 Å². The van der Waals surface area contributed by atoms with E-state index in [4.69, 9.17) is 4.74 Å². The Balaban J connectivity index is 2.59. The maximum atomic E-state index is 10.8. The number of fused-ring (bicyclic) bond motifs is 1. The van der Waals surface area contributed by atoms with E-state index in [0.29, 0.717) is 5.75 Å². The van der Waals surface area contributed by atoms with Gasteiger partial charge < -0.3 is 4.74 Å². The van der Waals surface area contributed by atoms with Crippen molar-refractivity contribution in [2.24, 2.45) is 0 Å². The van der Waals surface area contributed by atoms with E-state index in [0.717, 1.165) is 5.56 Å². The van der Waals surface area contributed by atoms with Crippen LogP contribution in [0.3, 0.4) is 0 Å². The van der Waals surface area contributed by atoms with Gasteiger partial charge in [-0.2, -0.15) is 0 Å². The van der Waals surface area contributed by atoms with Crippen LogP contribution in [0.2, 0.25) is 0 Å². The van der Waals surface area contributed by atoms with Crippen molar-refractivity contribution in [3.63, 3.8) is 0 Å². The third-order valence-electron chi connectivity index (χ3n) is 2.47. The third kappa shape index (κ3) is 1.51. The summed E-state index contributed by atoms with van der Waals surface area (Å²) in [6, 6.07) is 4.98. The fourth-order valence-electron chi connectivity index (χ4n) is 1.69. The zero-order valence-electron chi connectivity index (χ0n) is 8.36. The summed E-state index contributed by atoms with van der Waals surface area (Å²) in [4.78, 5) is 10.4. The molecule has 15 heavy (non-hydrogen) atoms. The van der Waals surface area contributed by atoms with Crippen LogP contribution in [0, 0.1) is 10.1 Å². The fourth-order valence-corrected chi connectivity index (χ4v) is 2.14. The van der Waals surface area contributed by atoms with E-state index in [1.54, 1.807) is 6.07 Å². The molecule has 80 valence electrons. The summed E-state index contributed by atoms with van der Waals surface area (Å²) >= 11 is 3.49. The molecule has 4 nitrogen and oxygen atoms in total. The van der Waals surface area contributed by atoms with Gasteiger partial charge in [-0.1, -0.05) is 28.1 Å². The minimum absolute atomic E-state index is 0.0140. The monoisotopic (exact) mass is 271 g/mol. The second-order valence-electron chi connectivity index (χ2n) is 4.02. The zero-order chi connectivity index (χ0) is 11.2. The van der Waals surface area contributed by atoms with E-state index in [9.17, 15) is 10.1 Å². The number of nitrogens with zero attached hydrogens (tertiary/aromatic N) is 1. The number of alkyl halides is 1. The smallest absolute Gasteiger partial charge is 0.311 e. The molecule has 0 radical (unpaired) electrons. The summed E-state index contributed by atoms with van der Waals surface area (Å²) in [6.07, 6.45) is 0. The molecule has 0 aliphatic carbocycles. The average molecular weight is 272 g/mol. The molecule has 1 atom stereocenters. The van der Waals surface area contributed by atoms with Gasteiger partial charge in [-0.15, -0.1) is 0 Å². The van der Waals surface area contributed by atoms with Gasteiger partial charge in [0.25, 0.3) is 0 Å². The summed E-state index contributed by atoms with van der Waals surface area (Å²) < 4.78 is 5.61. The van der Waals surface area contributed by atoms with Crippen molar-refractivity contribution < 1.29 is 9.66 Å². The topological polar surface area (TPSA) is 52.4 Å². The second-order valence-corrected chi connectivity index (χ2v) is 4.94. The van der Waals surface area contributed by atoms with Crippen LogP contribution in [-0.4, -0.2) is 10.5 Å². The van der Waals surface area contributed by atoms with Crippen molar-refractivity contribution >= 4 is 21.6 Å². The van der Waals surface area contributed by atoms with Crippen molar-refractivity contribution in [1.29, 1.82) is 0 Å². The van der Waals surface area contributed by atoms with E-state index >= 15 is 0 Å².